The quantitative estimate of drug-likeness (QED) is 0.854. The van der Waals surface area contributed by atoms with E-state index in [9.17, 15) is 17.2 Å². The Morgan fingerprint density at radius 3 is 2.40 bits per heavy atom. The van der Waals surface area contributed by atoms with Gasteiger partial charge in [-0.15, -0.1) is 0 Å². The van der Waals surface area contributed by atoms with Crippen LogP contribution in [-0.4, -0.2) is 26.2 Å². The van der Waals surface area contributed by atoms with Crippen LogP contribution in [0, 0.1) is 17.6 Å². The first-order valence-corrected chi connectivity index (χ1v) is 9.56. The van der Waals surface area contributed by atoms with Crippen LogP contribution in [0.3, 0.4) is 0 Å². The van der Waals surface area contributed by atoms with Crippen LogP contribution >= 0.6 is 0 Å². The molecule has 0 spiro atoms. The monoisotopic (exact) mass is 367 g/mol. The van der Waals surface area contributed by atoms with Gasteiger partial charge in [0.15, 0.2) is 0 Å². The lowest BCUT2D eigenvalue weighted by Crippen LogP contribution is -2.33. The zero-order valence-electron chi connectivity index (χ0n) is 13.5. The number of hydrogen-bond donors (Lipinski definition) is 2. The van der Waals surface area contributed by atoms with Gasteiger partial charge in [-0.2, -0.15) is 0 Å². The van der Waals surface area contributed by atoms with Crippen molar-refractivity contribution >= 4 is 10.0 Å². The normalized spacial score (nSPS) is 20.8. The van der Waals surface area contributed by atoms with E-state index in [1.807, 2.05) is 0 Å². The minimum Gasteiger partial charge on any atom is -0.396 e. The lowest BCUT2D eigenvalue weighted by molar-refractivity contribution is 0.228. The summed E-state index contributed by atoms with van der Waals surface area (Å²) in [6.07, 6.45) is 2.12. The average molecular weight is 367 g/mol. The molecule has 1 fully saturated rings. The summed E-state index contributed by atoms with van der Waals surface area (Å²) in [6, 6.07) is 8.88. The predicted octanol–water partition coefficient (Wildman–Crippen LogP) is 3.07. The van der Waals surface area contributed by atoms with E-state index in [4.69, 9.17) is 5.11 Å². The molecule has 4 nitrogen and oxygen atoms in total. The van der Waals surface area contributed by atoms with Crippen molar-refractivity contribution < 1.29 is 22.3 Å². The van der Waals surface area contributed by atoms with E-state index in [1.165, 1.54) is 30.3 Å². The molecule has 0 amide bonds. The fraction of sp³-hybridized carbons (Fsp3) is 0.333. The Labute approximate surface area is 145 Å². The Hall–Kier alpha value is -1.83. The number of hydrogen-bond acceptors (Lipinski definition) is 3. The van der Waals surface area contributed by atoms with Crippen molar-refractivity contribution in [3.8, 4) is 11.1 Å². The summed E-state index contributed by atoms with van der Waals surface area (Å²) >= 11 is 0. The molecular weight excluding hydrogens is 348 g/mol. The first-order chi connectivity index (χ1) is 11.9. The van der Waals surface area contributed by atoms with Gasteiger partial charge < -0.3 is 5.11 Å². The Balaban J connectivity index is 1.77. The van der Waals surface area contributed by atoms with E-state index < -0.39 is 21.7 Å². The van der Waals surface area contributed by atoms with Crippen molar-refractivity contribution in [3.05, 3.63) is 54.1 Å². The van der Waals surface area contributed by atoms with E-state index in [1.54, 1.807) is 0 Å². The molecule has 2 N–H and O–H groups in total. The molecule has 1 aliphatic rings. The van der Waals surface area contributed by atoms with Gasteiger partial charge in [-0.3, -0.25) is 0 Å². The number of sulfonamides is 1. The molecule has 0 aromatic heterocycles. The third-order valence-corrected chi connectivity index (χ3v) is 6.06. The Morgan fingerprint density at radius 1 is 1.08 bits per heavy atom. The highest BCUT2D eigenvalue weighted by Gasteiger charge is 2.28. The van der Waals surface area contributed by atoms with Gasteiger partial charge in [0.05, 0.1) is 4.90 Å². The van der Waals surface area contributed by atoms with Crippen molar-refractivity contribution in [1.29, 1.82) is 0 Å². The van der Waals surface area contributed by atoms with Crippen LogP contribution in [0.2, 0.25) is 0 Å². The van der Waals surface area contributed by atoms with Crippen molar-refractivity contribution in [3.63, 3.8) is 0 Å². The number of halogens is 2. The summed E-state index contributed by atoms with van der Waals surface area (Å²) < 4.78 is 54.3. The van der Waals surface area contributed by atoms with Gasteiger partial charge in [0.1, 0.15) is 11.6 Å². The molecule has 2 aromatic carbocycles. The molecule has 0 aliphatic heterocycles. The van der Waals surface area contributed by atoms with Gasteiger partial charge in [0.25, 0.3) is 0 Å². The second-order valence-electron chi connectivity index (χ2n) is 6.33. The van der Waals surface area contributed by atoms with Crippen LogP contribution in [0.5, 0.6) is 0 Å². The zero-order valence-corrected chi connectivity index (χ0v) is 14.3. The van der Waals surface area contributed by atoms with Crippen LogP contribution in [0.25, 0.3) is 11.1 Å². The summed E-state index contributed by atoms with van der Waals surface area (Å²) in [4.78, 5) is 0.0891. The fourth-order valence-electron chi connectivity index (χ4n) is 3.17. The number of aliphatic hydroxyl groups excluding tert-OH is 1. The maximum absolute atomic E-state index is 13.8. The van der Waals surface area contributed by atoms with Gasteiger partial charge in [-0.1, -0.05) is 12.1 Å². The topological polar surface area (TPSA) is 66.4 Å². The van der Waals surface area contributed by atoms with E-state index in [0.717, 1.165) is 18.6 Å². The molecular formula is C18H19F2NO3S. The first kappa shape index (κ1) is 18.0. The molecule has 0 bridgehead atoms. The Bertz CT molecular complexity index is 853. The number of aliphatic hydroxyl groups is 1. The average Bonchev–Trinajstić information content (AvgIpc) is 3.02. The third-order valence-electron chi connectivity index (χ3n) is 4.53. The minimum absolute atomic E-state index is 0.0656. The lowest BCUT2D eigenvalue weighted by atomic mass is 10.1. The highest BCUT2D eigenvalue weighted by Crippen LogP contribution is 2.28. The minimum atomic E-state index is -3.68. The predicted molar refractivity (Wildman–Crippen MR) is 90.3 cm³/mol. The highest BCUT2D eigenvalue weighted by molar-refractivity contribution is 7.89. The maximum Gasteiger partial charge on any atom is 0.240 e. The smallest absolute Gasteiger partial charge is 0.240 e. The van der Waals surface area contributed by atoms with E-state index in [-0.39, 0.29) is 29.0 Å². The van der Waals surface area contributed by atoms with E-state index >= 15 is 0 Å². The van der Waals surface area contributed by atoms with Gasteiger partial charge in [0, 0.05) is 24.3 Å². The van der Waals surface area contributed by atoms with Gasteiger partial charge in [0.2, 0.25) is 10.0 Å². The SMILES string of the molecule is O=S(=O)(N[C@@H]1CC[C@H](CO)C1)c1ccc(-c2ccc(F)cc2F)cc1. The van der Waals surface area contributed by atoms with Crippen LogP contribution in [0.4, 0.5) is 8.78 Å². The molecule has 134 valence electrons. The maximum atomic E-state index is 13.8. The summed E-state index contributed by atoms with van der Waals surface area (Å²) in [7, 11) is -3.68. The molecule has 25 heavy (non-hydrogen) atoms. The van der Waals surface area contributed by atoms with Gasteiger partial charge in [-0.05, 0) is 55.0 Å². The van der Waals surface area contributed by atoms with Gasteiger partial charge in [-0.25, -0.2) is 21.9 Å². The largest absolute Gasteiger partial charge is 0.396 e. The highest BCUT2D eigenvalue weighted by atomic mass is 32.2. The second-order valence-corrected chi connectivity index (χ2v) is 8.04. The van der Waals surface area contributed by atoms with E-state index in [0.29, 0.717) is 18.4 Å². The van der Waals surface area contributed by atoms with Crippen LogP contribution in [-0.2, 0) is 10.0 Å². The van der Waals surface area contributed by atoms with Crippen molar-refractivity contribution in [2.24, 2.45) is 5.92 Å². The van der Waals surface area contributed by atoms with Crippen LogP contribution in [0.15, 0.2) is 47.4 Å². The van der Waals surface area contributed by atoms with Gasteiger partial charge >= 0.3 is 0 Å². The molecule has 0 radical (unpaired) electrons. The summed E-state index contributed by atoms with van der Waals surface area (Å²) in [5, 5.41) is 9.15. The molecule has 2 aromatic rings. The molecule has 3 rings (SSSR count). The Morgan fingerprint density at radius 2 is 1.80 bits per heavy atom. The Kier molecular flexibility index (Phi) is 5.17. The van der Waals surface area contributed by atoms with Crippen LogP contribution < -0.4 is 4.72 Å². The molecule has 0 unspecified atom stereocenters. The third kappa shape index (κ3) is 4.05. The summed E-state index contributed by atoms with van der Waals surface area (Å²) in [5.74, 6) is -1.23. The zero-order chi connectivity index (χ0) is 18.0. The first-order valence-electron chi connectivity index (χ1n) is 8.08. The molecule has 1 aliphatic carbocycles. The molecule has 2 atom stereocenters. The molecule has 7 heteroatoms. The lowest BCUT2D eigenvalue weighted by Gasteiger charge is -2.13. The number of nitrogens with one attached hydrogen (secondary N) is 1. The number of rotatable bonds is 5. The molecule has 1 saturated carbocycles. The van der Waals surface area contributed by atoms with Crippen molar-refractivity contribution in [2.75, 3.05) is 6.61 Å². The fourth-order valence-corrected chi connectivity index (χ4v) is 4.46. The van der Waals surface area contributed by atoms with Crippen molar-refractivity contribution in [2.45, 2.75) is 30.2 Å². The standard InChI is InChI=1S/C18H19F2NO3S/c19-14-4-8-17(18(20)10-14)13-2-6-16(7-3-13)25(23,24)21-15-5-1-12(9-15)11-22/h2-4,6-8,10,12,15,21-22H,1,5,9,11H2/t12-,15+/m0/s1. The van der Waals surface area contributed by atoms with Crippen LogP contribution in [0.1, 0.15) is 19.3 Å². The summed E-state index contributed by atoms with van der Waals surface area (Å²) in [5.41, 5.74) is 0.678. The molecule has 0 heterocycles. The second kappa shape index (κ2) is 7.19. The number of benzene rings is 2. The molecule has 0 saturated heterocycles. The van der Waals surface area contributed by atoms with Crippen molar-refractivity contribution in [1.82, 2.24) is 4.72 Å². The van der Waals surface area contributed by atoms with E-state index in [2.05, 4.69) is 4.72 Å². The summed E-state index contributed by atoms with van der Waals surface area (Å²) in [6.45, 7) is 0.0656.